The van der Waals surface area contributed by atoms with Crippen LogP contribution in [-0.2, 0) is 16.1 Å². The van der Waals surface area contributed by atoms with E-state index < -0.39 is 0 Å². The molecule has 0 saturated heterocycles. The van der Waals surface area contributed by atoms with Crippen LogP contribution in [0.3, 0.4) is 0 Å². The van der Waals surface area contributed by atoms with Crippen molar-refractivity contribution in [3.8, 4) is 0 Å². The highest BCUT2D eigenvalue weighted by atomic mass is 19.1. The van der Waals surface area contributed by atoms with E-state index >= 15 is 0 Å². The van der Waals surface area contributed by atoms with Crippen LogP contribution in [0.15, 0.2) is 24.3 Å². The maximum absolute atomic E-state index is 13.1. The molecule has 0 aromatic heterocycles. The van der Waals surface area contributed by atoms with Crippen molar-refractivity contribution in [2.45, 2.75) is 44.7 Å². The van der Waals surface area contributed by atoms with E-state index in [1.54, 1.807) is 26.2 Å². The molecule has 2 rings (SSSR count). The number of benzene rings is 1. The predicted octanol–water partition coefficient (Wildman–Crippen LogP) is 2.16. The molecule has 1 aromatic rings. The van der Waals surface area contributed by atoms with Crippen LogP contribution in [0.1, 0.15) is 37.7 Å². The molecule has 0 radical (unpaired) electrons. The van der Waals surface area contributed by atoms with E-state index in [9.17, 15) is 14.0 Å². The Hall–Kier alpha value is -1.95. The third-order valence-corrected chi connectivity index (χ3v) is 4.81. The summed E-state index contributed by atoms with van der Waals surface area (Å²) >= 11 is 0. The fraction of sp³-hybridized carbons (Fsp3) is 0.579. The van der Waals surface area contributed by atoms with Crippen LogP contribution in [0.2, 0.25) is 0 Å². The number of halogens is 1. The van der Waals surface area contributed by atoms with Crippen molar-refractivity contribution in [1.29, 1.82) is 0 Å². The van der Waals surface area contributed by atoms with Crippen molar-refractivity contribution in [3.05, 3.63) is 35.6 Å². The first-order chi connectivity index (χ1) is 12.0. The summed E-state index contributed by atoms with van der Waals surface area (Å²) in [5.74, 6) is -0.510. The van der Waals surface area contributed by atoms with Gasteiger partial charge in [0.05, 0.1) is 13.1 Å². The maximum Gasteiger partial charge on any atom is 0.239 e. The van der Waals surface area contributed by atoms with E-state index in [-0.39, 0.29) is 30.7 Å². The topological polar surface area (TPSA) is 52.7 Å². The fourth-order valence-corrected chi connectivity index (χ4v) is 3.26. The normalized spacial score (nSPS) is 15.2. The molecule has 1 saturated carbocycles. The van der Waals surface area contributed by atoms with Gasteiger partial charge in [0.15, 0.2) is 0 Å². The van der Waals surface area contributed by atoms with Crippen molar-refractivity contribution in [2.75, 3.05) is 27.2 Å². The Morgan fingerprint density at radius 2 is 1.76 bits per heavy atom. The summed E-state index contributed by atoms with van der Waals surface area (Å²) in [4.78, 5) is 27.7. The highest BCUT2D eigenvalue weighted by Crippen LogP contribution is 2.24. The zero-order valence-electron chi connectivity index (χ0n) is 15.1. The number of rotatable bonds is 7. The van der Waals surface area contributed by atoms with Crippen LogP contribution in [0.25, 0.3) is 0 Å². The molecule has 0 unspecified atom stereocenters. The molecule has 1 aliphatic rings. The number of carbonyl (C=O) groups is 2. The molecule has 138 valence electrons. The first kappa shape index (κ1) is 19.4. The molecule has 25 heavy (non-hydrogen) atoms. The average molecular weight is 349 g/mol. The number of amides is 2. The van der Waals surface area contributed by atoms with Gasteiger partial charge in [0.2, 0.25) is 11.8 Å². The lowest BCUT2D eigenvalue weighted by Crippen LogP contribution is -2.46. The predicted molar refractivity (Wildman–Crippen MR) is 95.4 cm³/mol. The fourth-order valence-electron chi connectivity index (χ4n) is 3.26. The van der Waals surface area contributed by atoms with Gasteiger partial charge in [-0.1, -0.05) is 31.4 Å². The molecule has 1 fully saturated rings. The van der Waals surface area contributed by atoms with Gasteiger partial charge in [-0.15, -0.1) is 0 Å². The average Bonchev–Trinajstić information content (AvgIpc) is 2.63. The first-order valence-electron chi connectivity index (χ1n) is 8.92. The van der Waals surface area contributed by atoms with Crippen LogP contribution in [-0.4, -0.2) is 54.8 Å². The quantitative estimate of drug-likeness (QED) is 0.821. The van der Waals surface area contributed by atoms with Gasteiger partial charge in [0.1, 0.15) is 5.82 Å². The van der Waals surface area contributed by atoms with Gasteiger partial charge in [0, 0.05) is 26.7 Å². The van der Waals surface area contributed by atoms with Crippen LogP contribution >= 0.6 is 0 Å². The van der Waals surface area contributed by atoms with Crippen molar-refractivity contribution in [2.24, 2.45) is 0 Å². The Morgan fingerprint density at radius 1 is 1.12 bits per heavy atom. The summed E-state index contributed by atoms with van der Waals surface area (Å²) in [6, 6.07) is 6.80. The molecular weight excluding hydrogens is 321 g/mol. The first-order valence-corrected chi connectivity index (χ1v) is 8.92. The minimum absolute atomic E-state index is 0.0599. The Kier molecular flexibility index (Phi) is 7.37. The number of likely N-dealkylation sites (N-methyl/N-ethyl adjacent to an activating group) is 2. The van der Waals surface area contributed by atoms with Crippen molar-refractivity contribution in [1.82, 2.24) is 15.1 Å². The molecule has 0 heterocycles. The second-order valence-corrected chi connectivity index (χ2v) is 6.75. The van der Waals surface area contributed by atoms with Gasteiger partial charge >= 0.3 is 0 Å². The van der Waals surface area contributed by atoms with Gasteiger partial charge < -0.3 is 10.2 Å². The molecule has 1 N–H and O–H groups in total. The van der Waals surface area contributed by atoms with Gasteiger partial charge in [-0.25, -0.2) is 4.39 Å². The van der Waals surface area contributed by atoms with Crippen molar-refractivity contribution in [3.63, 3.8) is 0 Å². The molecule has 0 aliphatic heterocycles. The maximum atomic E-state index is 13.1. The van der Waals surface area contributed by atoms with Gasteiger partial charge in [-0.3, -0.25) is 14.5 Å². The SMILES string of the molecule is CNC(=O)CN(C)C(=O)CN(Cc1ccc(F)cc1)C1CCCCC1. The van der Waals surface area contributed by atoms with E-state index in [4.69, 9.17) is 0 Å². The number of nitrogens with one attached hydrogen (secondary N) is 1. The molecule has 6 heteroatoms. The van der Waals surface area contributed by atoms with E-state index in [0.717, 1.165) is 18.4 Å². The molecule has 0 bridgehead atoms. The van der Waals surface area contributed by atoms with Crippen LogP contribution in [0.4, 0.5) is 4.39 Å². The zero-order chi connectivity index (χ0) is 18.2. The lowest BCUT2D eigenvalue weighted by Gasteiger charge is -2.34. The number of carbonyl (C=O) groups excluding carboxylic acids is 2. The largest absolute Gasteiger partial charge is 0.358 e. The monoisotopic (exact) mass is 349 g/mol. The summed E-state index contributed by atoms with van der Waals surface area (Å²) in [7, 11) is 3.21. The molecule has 1 aliphatic carbocycles. The third kappa shape index (κ3) is 6.12. The standard InChI is InChI=1S/C19H28FN3O2/c1-21-18(24)13-22(2)19(25)14-23(17-6-4-3-5-7-17)12-15-8-10-16(20)11-9-15/h8-11,17H,3-7,12-14H2,1-2H3,(H,21,24). The van der Waals surface area contributed by atoms with Gasteiger partial charge in [-0.05, 0) is 30.5 Å². The molecule has 5 nitrogen and oxygen atoms in total. The smallest absolute Gasteiger partial charge is 0.239 e. The van der Waals surface area contributed by atoms with E-state index in [1.165, 1.54) is 36.3 Å². The summed E-state index contributed by atoms with van der Waals surface area (Å²) < 4.78 is 13.1. The number of hydrogen-bond donors (Lipinski definition) is 1. The minimum atomic E-state index is -0.255. The summed E-state index contributed by atoms with van der Waals surface area (Å²) in [6.45, 7) is 0.949. The highest BCUT2D eigenvalue weighted by Gasteiger charge is 2.25. The molecular formula is C19H28FN3O2. The third-order valence-electron chi connectivity index (χ3n) is 4.81. The highest BCUT2D eigenvalue weighted by molar-refractivity contribution is 5.85. The van der Waals surface area contributed by atoms with E-state index in [2.05, 4.69) is 10.2 Å². The number of hydrogen-bond acceptors (Lipinski definition) is 3. The second-order valence-electron chi connectivity index (χ2n) is 6.75. The lowest BCUT2D eigenvalue weighted by molar-refractivity contribution is -0.136. The summed E-state index contributed by atoms with van der Waals surface area (Å²) in [5, 5.41) is 2.53. The second kappa shape index (κ2) is 9.51. The summed E-state index contributed by atoms with van der Waals surface area (Å²) in [5.41, 5.74) is 0.994. The van der Waals surface area contributed by atoms with Crippen LogP contribution < -0.4 is 5.32 Å². The lowest BCUT2D eigenvalue weighted by atomic mass is 9.93. The van der Waals surface area contributed by atoms with E-state index in [1.807, 2.05) is 0 Å². The van der Waals surface area contributed by atoms with Crippen molar-refractivity contribution >= 4 is 11.8 Å². The van der Waals surface area contributed by atoms with E-state index in [0.29, 0.717) is 12.6 Å². The molecule has 1 aromatic carbocycles. The Morgan fingerprint density at radius 3 is 2.36 bits per heavy atom. The van der Waals surface area contributed by atoms with Crippen LogP contribution in [0.5, 0.6) is 0 Å². The molecule has 0 spiro atoms. The van der Waals surface area contributed by atoms with Gasteiger partial charge in [-0.2, -0.15) is 0 Å². The Bertz CT molecular complexity index is 571. The Labute approximate surface area is 149 Å². The number of nitrogens with zero attached hydrogens (tertiary/aromatic N) is 2. The van der Waals surface area contributed by atoms with Crippen molar-refractivity contribution < 1.29 is 14.0 Å². The molecule has 0 atom stereocenters. The zero-order valence-corrected chi connectivity index (χ0v) is 15.1. The molecule has 2 amide bonds. The van der Waals surface area contributed by atoms with Gasteiger partial charge in [0.25, 0.3) is 0 Å². The minimum Gasteiger partial charge on any atom is -0.358 e. The van der Waals surface area contributed by atoms with Crippen LogP contribution in [0, 0.1) is 5.82 Å². The summed E-state index contributed by atoms with van der Waals surface area (Å²) in [6.07, 6.45) is 5.74. The Balaban J connectivity index is 2.04.